The van der Waals surface area contributed by atoms with Gasteiger partial charge in [-0.1, -0.05) is 6.07 Å². The van der Waals surface area contributed by atoms with Crippen LogP contribution in [-0.4, -0.2) is 49.1 Å². The van der Waals surface area contributed by atoms with Crippen molar-refractivity contribution in [2.45, 2.75) is 6.92 Å². The van der Waals surface area contributed by atoms with Crippen molar-refractivity contribution in [3.63, 3.8) is 0 Å². The normalized spacial score (nSPS) is 14.7. The number of fused-ring (bicyclic) bond motifs is 1. The fraction of sp³-hybridized carbons (Fsp3) is 0.300. The van der Waals surface area contributed by atoms with Crippen molar-refractivity contribution >= 4 is 22.7 Å². The Morgan fingerprint density at radius 2 is 1.92 bits per heavy atom. The first-order valence-electron chi connectivity index (χ1n) is 8.69. The molecule has 4 rings (SSSR count). The van der Waals surface area contributed by atoms with E-state index in [0.29, 0.717) is 24.4 Å². The minimum atomic E-state index is -0.0778. The molecule has 134 valence electrons. The van der Waals surface area contributed by atoms with Crippen molar-refractivity contribution in [1.82, 2.24) is 9.88 Å². The predicted octanol–water partition coefficient (Wildman–Crippen LogP) is 3.11. The van der Waals surface area contributed by atoms with Crippen molar-refractivity contribution in [1.29, 1.82) is 0 Å². The second kappa shape index (κ2) is 6.71. The highest BCUT2D eigenvalue weighted by atomic mass is 16.5. The zero-order valence-electron chi connectivity index (χ0n) is 14.9. The number of pyridine rings is 1. The lowest BCUT2D eigenvalue weighted by molar-refractivity contribution is 0.0717. The third kappa shape index (κ3) is 3.10. The molecule has 1 fully saturated rings. The van der Waals surface area contributed by atoms with Crippen LogP contribution in [0.4, 0.5) is 5.69 Å². The van der Waals surface area contributed by atoms with Crippen LogP contribution in [0.15, 0.2) is 46.9 Å². The number of ether oxygens (including phenoxy) is 1. The molecule has 1 aliphatic rings. The SMILES string of the molecule is COc1cccc(N2CCN(C(=O)c3cc4nc(C)ccc4o3)CC2)c1. The second-order valence-electron chi connectivity index (χ2n) is 6.43. The van der Waals surface area contributed by atoms with Gasteiger partial charge in [-0.2, -0.15) is 0 Å². The van der Waals surface area contributed by atoms with Gasteiger partial charge >= 0.3 is 0 Å². The number of furan rings is 1. The molecular formula is C20H21N3O3. The zero-order chi connectivity index (χ0) is 18.1. The van der Waals surface area contributed by atoms with Gasteiger partial charge in [0.05, 0.1) is 7.11 Å². The molecule has 1 amide bonds. The highest BCUT2D eigenvalue weighted by molar-refractivity contribution is 5.95. The molecule has 0 aliphatic carbocycles. The summed E-state index contributed by atoms with van der Waals surface area (Å²) in [5.74, 6) is 1.12. The van der Waals surface area contributed by atoms with Gasteiger partial charge in [-0.05, 0) is 31.2 Å². The highest BCUT2D eigenvalue weighted by Gasteiger charge is 2.25. The van der Waals surface area contributed by atoms with Crippen LogP contribution in [0, 0.1) is 6.92 Å². The molecule has 3 heterocycles. The Morgan fingerprint density at radius 3 is 2.69 bits per heavy atom. The molecule has 0 bridgehead atoms. The van der Waals surface area contributed by atoms with Gasteiger partial charge in [0.15, 0.2) is 11.3 Å². The number of hydrogen-bond acceptors (Lipinski definition) is 5. The summed E-state index contributed by atoms with van der Waals surface area (Å²) in [7, 11) is 1.67. The number of carbonyl (C=O) groups is 1. The molecule has 0 N–H and O–H groups in total. The largest absolute Gasteiger partial charge is 0.497 e. The average Bonchev–Trinajstić information content (AvgIpc) is 3.10. The number of piperazine rings is 1. The highest BCUT2D eigenvalue weighted by Crippen LogP contribution is 2.23. The van der Waals surface area contributed by atoms with Crippen molar-refractivity contribution < 1.29 is 13.9 Å². The predicted molar refractivity (Wildman–Crippen MR) is 99.9 cm³/mol. The van der Waals surface area contributed by atoms with E-state index in [0.717, 1.165) is 35.7 Å². The maximum Gasteiger partial charge on any atom is 0.289 e. The summed E-state index contributed by atoms with van der Waals surface area (Å²) < 4.78 is 11.0. The van der Waals surface area contributed by atoms with E-state index in [1.165, 1.54) is 0 Å². The molecule has 6 nitrogen and oxygen atoms in total. The summed E-state index contributed by atoms with van der Waals surface area (Å²) in [6, 6.07) is 13.5. The van der Waals surface area contributed by atoms with Gasteiger partial charge in [-0.25, -0.2) is 4.98 Å². The number of rotatable bonds is 3. The number of anilines is 1. The smallest absolute Gasteiger partial charge is 0.289 e. The fourth-order valence-electron chi connectivity index (χ4n) is 3.26. The Hall–Kier alpha value is -3.02. The number of hydrogen-bond donors (Lipinski definition) is 0. The standard InChI is InChI=1S/C20H21N3O3/c1-14-6-7-18-17(21-14)13-19(26-18)20(24)23-10-8-22(9-11-23)15-4-3-5-16(12-15)25-2/h3-7,12-13H,8-11H2,1-2H3. The second-order valence-corrected chi connectivity index (χ2v) is 6.43. The maximum absolute atomic E-state index is 12.8. The first kappa shape index (κ1) is 16.4. The number of aryl methyl sites for hydroxylation is 1. The van der Waals surface area contributed by atoms with Crippen LogP contribution in [-0.2, 0) is 0 Å². The van der Waals surface area contributed by atoms with E-state index in [9.17, 15) is 4.79 Å². The van der Waals surface area contributed by atoms with Crippen LogP contribution in [0.5, 0.6) is 5.75 Å². The minimum Gasteiger partial charge on any atom is -0.497 e. The topological polar surface area (TPSA) is 58.8 Å². The molecule has 2 aromatic heterocycles. The molecule has 1 aromatic carbocycles. The van der Waals surface area contributed by atoms with E-state index in [4.69, 9.17) is 9.15 Å². The van der Waals surface area contributed by atoms with E-state index < -0.39 is 0 Å². The lowest BCUT2D eigenvalue weighted by Gasteiger charge is -2.35. The summed E-state index contributed by atoms with van der Waals surface area (Å²) in [5, 5.41) is 0. The third-order valence-corrected chi connectivity index (χ3v) is 4.71. The van der Waals surface area contributed by atoms with Gasteiger partial charge in [0.1, 0.15) is 11.3 Å². The molecule has 26 heavy (non-hydrogen) atoms. The Balaban J connectivity index is 1.45. The van der Waals surface area contributed by atoms with Crippen molar-refractivity contribution in [2.24, 2.45) is 0 Å². The van der Waals surface area contributed by atoms with Crippen LogP contribution in [0.1, 0.15) is 16.2 Å². The third-order valence-electron chi connectivity index (χ3n) is 4.71. The summed E-state index contributed by atoms with van der Waals surface area (Å²) in [5.41, 5.74) is 3.39. The van der Waals surface area contributed by atoms with Gasteiger partial charge in [-0.15, -0.1) is 0 Å². The molecule has 6 heteroatoms. The Kier molecular flexibility index (Phi) is 4.24. The lowest BCUT2D eigenvalue weighted by Crippen LogP contribution is -2.48. The molecular weight excluding hydrogens is 330 g/mol. The number of benzene rings is 1. The monoisotopic (exact) mass is 351 g/mol. The summed E-state index contributed by atoms with van der Waals surface area (Å²) >= 11 is 0. The van der Waals surface area contributed by atoms with Crippen LogP contribution in [0.25, 0.3) is 11.1 Å². The molecule has 1 saturated heterocycles. The van der Waals surface area contributed by atoms with Gasteiger partial charge in [-0.3, -0.25) is 4.79 Å². The molecule has 3 aromatic rings. The molecule has 0 spiro atoms. The quantitative estimate of drug-likeness (QED) is 0.726. The van der Waals surface area contributed by atoms with E-state index >= 15 is 0 Å². The molecule has 0 saturated carbocycles. The molecule has 0 radical (unpaired) electrons. The Morgan fingerprint density at radius 1 is 1.12 bits per heavy atom. The van der Waals surface area contributed by atoms with E-state index in [1.54, 1.807) is 13.2 Å². The fourth-order valence-corrected chi connectivity index (χ4v) is 3.26. The van der Waals surface area contributed by atoms with Gasteiger partial charge < -0.3 is 19.0 Å². The number of amides is 1. The van der Waals surface area contributed by atoms with E-state index in [1.807, 2.05) is 42.2 Å². The van der Waals surface area contributed by atoms with Crippen molar-refractivity contribution in [3.05, 3.63) is 53.9 Å². The summed E-state index contributed by atoms with van der Waals surface area (Å²) in [4.78, 5) is 21.3. The summed E-state index contributed by atoms with van der Waals surface area (Å²) in [6.07, 6.45) is 0. The lowest BCUT2D eigenvalue weighted by atomic mass is 10.2. The minimum absolute atomic E-state index is 0.0778. The molecule has 0 unspecified atom stereocenters. The Labute approximate surface area is 152 Å². The molecule has 1 aliphatic heterocycles. The van der Waals surface area contributed by atoms with Crippen molar-refractivity contribution in [2.75, 3.05) is 38.2 Å². The number of carbonyl (C=O) groups excluding carboxylic acids is 1. The van der Waals surface area contributed by atoms with Crippen LogP contribution in [0.3, 0.4) is 0 Å². The van der Waals surface area contributed by atoms with Crippen LogP contribution >= 0.6 is 0 Å². The molecule has 0 atom stereocenters. The van der Waals surface area contributed by atoms with Crippen LogP contribution in [0.2, 0.25) is 0 Å². The average molecular weight is 351 g/mol. The first-order valence-corrected chi connectivity index (χ1v) is 8.69. The maximum atomic E-state index is 12.8. The van der Waals surface area contributed by atoms with Gasteiger partial charge in [0.2, 0.25) is 0 Å². The summed E-state index contributed by atoms with van der Waals surface area (Å²) in [6.45, 7) is 4.78. The first-order chi connectivity index (χ1) is 12.6. The van der Waals surface area contributed by atoms with E-state index in [2.05, 4.69) is 16.0 Å². The number of methoxy groups -OCH3 is 1. The number of nitrogens with zero attached hydrogens (tertiary/aromatic N) is 3. The van der Waals surface area contributed by atoms with Crippen LogP contribution < -0.4 is 9.64 Å². The Bertz CT molecular complexity index is 942. The number of aromatic nitrogens is 1. The van der Waals surface area contributed by atoms with Gasteiger partial charge in [0.25, 0.3) is 5.91 Å². The van der Waals surface area contributed by atoms with E-state index in [-0.39, 0.29) is 5.91 Å². The van der Waals surface area contributed by atoms with Crippen molar-refractivity contribution in [3.8, 4) is 5.75 Å². The van der Waals surface area contributed by atoms with Gasteiger partial charge in [0, 0.05) is 49.7 Å². The zero-order valence-corrected chi connectivity index (χ0v) is 14.9.